The first-order valence-electron chi connectivity index (χ1n) is 12.8. The molecule has 1 amide bonds. The molecule has 1 N–H and O–H groups in total. The lowest BCUT2D eigenvalue weighted by Crippen LogP contribution is -2.37. The van der Waals surface area contributed by atoms with E-state index in [4.69, 9.17) is 16.3 Å². The van der Waals surface area contributed by atoms with Gasteiger partial charge in [-0.3, -0.25) is 14.4 Å². The number of halogens is 1. The molecule has 0 aromatic heterocycles. The number of hydrogen-bond donors (Lipinski definition) is 1. The number of allylic oxidation sites excluding steroid dienone is 4. The van der Waals surface area contributed by atoms with Gasteiger partial charge in [0.2, 0.25) is 0 Å². The standard InChI is InChI=1S/C30H31ClN2O4/c1-17-10-12-21(18(2)14-17)32-27(36)16-37-26-13-11-19(15-20(26)31)28-29-22(6-4-8-24(29)34)33(3)23-7-5-9-25(35)30(23)28/h10-15,28H,4-9,16H2,1-3H3,(H,32,36). The van der Waals surface area contributed by atoms with Crippen LogP contribution in [0.25, 0.3) is 0 Å². The summed E-state index contributed by atoms with van der Waals surface area (Å²) in [4.78, 5) is 40.9. The van der Waals surface area contributed by atoms with Crippen molar-refractivity contribution in [3.8, 4) is 5.75 Å². The Kier molecular flexibility index (Phi) is 6.95. The number of amides is 1. The zero-order chi connectivity index (χ0) is 26.3. The maximum Gasteiger partial charge on any atom is 0.262 e. The normalized spacial score (nSPS) is 18.1. The fourth-order valence-corrected chi connectivity index (χ4v) is 6.03. The molecule has 0 atom stereocenters. The van der Waals surface area contributed by atoms with E-state index in [0.717, 1.165) is 70.6 Å². The number of carbonyl (C=O) groups excluding carboxylic acids is 3. The molecule has 1 heterocycles. The first kappa shape index (κ1) is 25.3. The fourth-order valence-electron chi connectivity index (χ4n) is 5.78. The molecule has 0 saturated carbocycles. The van der Waals surface area contributed by atoms with Gasteiger partial charge in [-0.05, 0) is 68.9 Å². The molecule has 0 spiro atoms. The van der Waals surface area contributed by atoms with Crippen LogP contribution >= 0.6 is 11.6 Å². The van der Waals surface area contributed by atoms with Crippen molar-refractivity contribution in [2.45, 2.75) is 58.3 Å². The number of nitrogens with zero attached hydrogens (tertiary/aromatic N) is 1. The van der Waals surface area contributed by atoms with E-state index < -0.39 is 5.92 Å². The summed E-state index contributed by atoms with van der Waals surface area (Å²) >= 11 is 6.62. The number of Topliss-reactive ketones (excluding diaryl/α,β-unsaturated/α-hetero) is 2. The van der Waals surface area contributed by atoms with E-state index in [1.165, 1.54) is 0 Å². The summed E-state index contributed by atoms with van der Waals surface area (Å²) in [6.07, 6.45) is 4.27. The number of nitrogens with one attached hydrogen (secondary N) is 1. The molecular formula is C30H31ClN2O4. The zero-order valence-corrected chi connectivity index (χ0v) is 22.2. The van der Waals surface area contributed by atoms with Crippen LogP contribution in [0.1, 0.15) is 61.1 Å². The highest BCUT2D eigenvalue weighted by atomic mass is 35.5. The van der Waals surface area contributed by atoms with Gasteiger partial charge in [0.1, 0.15) is 5.75 Å². The van der Waals surface area contributed by atoms with Crippen molar-refractivity contribution in [3.63, 3.8) is 0 Å². The van der Waals surface area contributed by atoms with E-state index >= 15 is 0 Å². The largest absolute Gasteiger partial charge is 0.482 e. The third-order valence-electron chi connectivity index (χ3n) is 7.55. The molecule has 0 unspecified atom stereocenters. The van der Waals surface area contributed by atoms with E-state index in [-0.39, 0.29) is 24.1 Å². The number of ketones is 2. The van der Waals surface area contributed by atoms with Gasteiger partial charge in [0.15, 0.2) is 18.2 Å². The smallest absolute Gasteiger partial charge is 0.262 e. The highest BCUT2D eigenvalue weighted by molar-refractivity contribution is 6.32. The lowest BCUT2D eigenvalue weighted by Gasteiger charge is -2.42. The lowest BCUT2D eigenvalue weighted by atomic mass is 9.71. The highest BCUT2D eigenvalue weighted by Gasteiger charge is 2.42. The average Bonchev–Trinajstić information content (AvgIpc) is 2.86. The molecule has 37 heavy (non-hydrogen) atoms. The number of aryl methyl sites for hydroxylation is 2. The molecule has 2 aromatic carbocycles. The SMILES string of the molecule is Cc1ccc(NC(=O)COc2ccc(C3C4=C(CCCC4=O)N(C)C4=C3C(=O)CCC4)cc2Cl)c(C)c1. The van der Waals surface area contributed by atoms with Gasteiger partial charge in [-0.1, -0.05) is 35.4 Å². The Balaban J connectivity index is 1.40. The van der Waals surface area contributed by atoms with Crippen molar-refractivity contribution in [1.29, 1.82) is 0 Å². The van der Waals surface area contributed by atoms with Gasteiger partial charge in [0, 0.05) is 54.0 Å². The Bertz CT molecular complexity index is 1330. The highest BCUT2D eigenvalue weighted by Crippen LogP contribution is 2.49. The van der Waals surface area contributed by atoms with Crippen LogP contribution in [0.4, 0.5) is 5.69 Å². The second kappa shape index (κ2) is 10.2. The molecule has 0 fully saturated rings. The molecule has 5 rings (SSSR count). The second-order valence-electron chi connectivity index (χ2n) is 10.1. The molecule has 0 radical (unpaired) electrons. The Morgan fingerprint density at radius 2 is 1.62 bits per heavy atom. The van der Waals surface area contributed by atoms with Gasteiger partial charge in [-0.25, -0.2) is 0 Å². The maximum atomic E-state index is 13.1. The number of hydrogen-bond acceptors (Lipinski definition) is 5. The van der Waals surface area contributed by atoms with Crippen LogP contribution in [0.15, 0.2) is 58.9 Å². The van der Waals surface area contributed by atoms with Crippen molar-refractivity contribution in [2.75, 3.05) is 19.0 Å². The predicted octanol–water partition coefficient (Wildman–Crippen LogP) is 6.02. The van der Waals surface area contributed by atoms with Crippen molar-refractivity contribution in [3.05, 3.63) is 80.7 Å². The van der Waals surface area contributed by atoms with Crippen LogP contribution in [0.5, 0.6) is 5.75 Å². The van der Waals surface area contributed by atoms with Crippen molar-refractivity contribution in [1.82, 2.24) is 4.90 Å². The molecule has 0 bridgehead atoms. The monoisotopic (exact) mass is 518 g/mol. The summed E-state index contributed by atoms with van der Waals surface area (Å²) in [5.74, 6) is -0.124. The summed E-state index contributed by atoms with van der Waals surface area (Å²) in [6.45, 7) is 3.75. The maximum absolute atomic E-state index is 13.1. The number of anilines is 1. The Hall–Kier alpha value is -3.38. The lowest BCUT2D eigenvalue weighted by molar-refractivity contribution is -0.118. The van der Waals surface area contributed by atoms with Crippen molar-refractivity contribution in [2.24, 2.45) is 0 Å². The summed E-state index contributed by atoms with van der Waals surface area (Å²) in [5.41, 5.74) is 7.13. The van der Waals surface area contributed by atoms with Crippen LogP contribution in [0, 0.1) is 13.8 Å². The van der Waals surface area contributed by atoms with Gasteiger partial charge < -0.3 is 15.0 Å². The fraction of sp³-hybridized carbons (Fsp3) is 0.367. The minimum atomic E-state index is -0.416. The number of rotatable bonds is 5. The van der Waals surface area contributed by atoms with Gasteiger partial charge in [0.05, 0.1) is 5.02 Å². The first-order valence-corrected chi connectivity index (χ1v) is 13.2. The van der Waals surface area contributed by atoms with E-state index in [1.54, 1.807) is 12.1 Å². The first-order chi connectivity index (χ1) is 17.7. The van der Waals surface area contributed by atoms with Crippen LogP contribution in [-0.2, 0) is 14.4 Å². The number of carbonyl (C=O) groups is 3. The molecule has 6 nitrogen and oxygen atoms in total. The van der Waals surface area contributed by atoms with Crippen molar-refractivity contribution < 1.29 is 19.1 Å². The van der Waals surface area contributed by atoms with E-state index in [0.29, 0.717) is 23.6 Å². The summed E-state index contributed by atoms with van der Waals surface area (Å²) in [5, 5.41) is 3.21. The third-order valence-corrected chi connectivity index (χ3v) is 7.84. The van der Waals surface area contributed by atoms with Crippen LogP contribution < -0.4 is 10.1 Å². The minimum Gasteiger partial charge on any atom is -0.482 e. The number of benzene rings is 2. The summed E-state index contributed by atoms with van der Waals surface area (Å²) in [6, 6.07) is 11.2. The van der Waals surface area contributed by atoms with Gasteiger partial charge in [-0.2, -0.15) is 0 Å². The second-order valence-corrected chi connectivity index (χ2v) is 10.5. The topological polar surface area (TPSA) is 75.7 Å². The Morgan fingerprint density at radius 3 is 2.22 bits per heavy atom. The van der Waals surface area contributed by atoms with Crippen LogP contribution in [-0.4, -0.2) is 36.0 Å². The van der Waals surface area contributed by atoms with Gasteiger partial charge >= 0.3 is 0 Å². The summed E-state index contributed by atoms with van der Waals surface area (Å²) < 4.78 is 5.74. The molecular weight excluding hydrogens is 488 g/mol. The molecule has 0 saturated heterocycles. The quantitative estimate of drug-likeness (QED) is 0.524. The molecule has 3 aliphatic rings. The van der Waals surface area contributed by atoms with Crippen LogP contribution in [0.3, 0.4) is 0 Å². The minimum absolute atomic E-state index is 0.0996. The molecule has 2 aliphatic carbocycles. The molecule has 192 valence electrons. The summed E-state index contributed by atoms with van der Waals surface area (Å²) in [7, 11) is 1.98. The van der Waals surface area contributed by atoms with E-state index in [9.17, 15) is 14.4 Å². The van der Waals surface area contributed by atoms with Crippen LogP contribution in [0.2, 0.25) is 5.02 Å². The molecule has 2 aromatic rings. The average molecular weight is 519 g/mol. The Morgan fingerprint density at radius 1 is 0.973 bits per heavy atom. The predicted molar refractivity (Wildman–Crippen MR) is 144 cm³/mol. The van der Waals surface area contributed by atoms with E-state index in [2.05, 4.69) is 10.2 Å². The number of ether oxygens (including phenoxy) is 1. The Labute approximate surface area is 222 Å². The van der Waals surface area contributed by atoms with Gasteiger partial charge in [0.25, 0.3) is 5.91 Å². The third kappa shape index (κ3) is 4.82. The van der Waals surface area contributed by atoms with Gasteiger partial charge in [-0.15, -0.1) is 0 Å². The van der Waals surface area contributed by atoms with E-state index in [1.807, 2.05) is 45.2 Å². The zero-order valence-electron chi connectivity index (χ0n) is 21.4. The van der Waals surface area contributed by atoms with Crippen molar-refractivity contribution >= 4 is 34.8 Å². The molecule has 1 aliphatic heterocycles. The molecule has 7 heteroatoms.